The quantitative estimate of drug-likeness (QED) is 0.868. The van der Waals surface area contributed by atoms with Crippen molar-refractivity contribution in [2.45, 2.75) is 52.2 Å². The van der Waals surface area contributed by atoms with Crippen LogP contribution >= 0.6 is 0 Å². The first-order valence-corrected chi connectivity index (χ1v) is 7.36. The van der Waals surface area contributed by atoms with E-state index in [9.17, 15) is 9.59 Å². The number of nitrogens with one attached hydrogen (secondary N) is 1. The maximum atomic E-state index is 12.3. The maximum absolute atomic E-state index is 12.3. The molecule has 1 N–H and O–H groups in total. The molecule has 4 nitrogen and oxygen atoms in total. The normalized spacial score (nSPS) is 16.2. The molecule has 0 bridgehead atoms. The number of carbonyl (C=O) groups excluding carboxylic acids is 2. The van der Waals surface area contributed by atoms with Crippen LogP contribution in [0, 0.1) is 5.92 Å². The lowest BCUT2D eigenvalue weighted by atomic mass is 10.1. The first-order valence-electron chi connectivity index (χ1n) is 7.36. The average Bonchev–Trinajstić information content (AvgIpc) is 2.80. The number of carbonyl (C=O) groups is 2. The van der Waals surface area contributed by atoms with E-state index in [1.807, 2.05) is 32.9 Å². The molecule has 1 amide bonds. The summed E-state index contributed by atoms with van der Waals surface area (Å²) < 4.78 is 5.27. The summed E-state index contributed by atoms with van der Waals surface area (Å²) in [5, 5.41) is 2.77. The molecule has 1 aromatic carbocycles. The molecule has 114 valence electrons. The molecule has 0 unspecified atom stereocenters. The Labute approximate surface area is 125 Å². The van der Waals surface area contributed by atoms with Gasteiger partial charge in [-0.05, 0) is 51.7 Å². The third kappa shape index (κ3) is 4.06. The maximum Gasteiger partial charge on any atom is 0.328 e. The minimum Gasteiger partial charge on any atom is -0.458 e. The number of benzene rings is 1. The fourth-order valence-electron chi connectivity index (χ4n) is 2.52. The summed E-state index contributed by atoms with van der Waals surface area (Å²) in [7, 11) is 0. The lowest BCUT2D eigenvalue weighted by Gasteiger charge is -2.23. The first-order chi connectivity index (χ1) is 9.76. The van der Waals surface area contributed by atoms with Crippen LogP contribution < -0.4 is 5.32 Å². The van der Waals surface area contributed by atoms with Crippen molar-refractivity contribution >= 4 is 11.9 Å². The molecule has 0 aromatic heterocycles. The van der Waals surface area contributed by atoms with E-state index < -0.39 is 17.6 Å². The van der Waals surface area contributed by atoms with Gasteiger partial charge in [-0.1, -0.05) is 24.3 Å². The smallest absolute Gasteiger partial charge is 0.328 e. The van der Waals surface area contributed by atoms with Gasteiger partial charge in [-0.2, -0.15) is 0 Å². The Balaban J connectivity index is 1.90. The zero-order valence-corrected chi connectivity index (χ0v) is 13.1. The molecular weight excluding hydrogens is 266 g/mol. The van der Waals surface area contributed by atoms with E-state index >= 15 is 0 Å². The second-order valence-corrected chi connectivity index (χ2v) is 6.64. The van der Waals surface area contributed by atoms with Crippen LogP contribution in [0.2, 0.25) is 0 Å². The Bertz CT molecular complexity index is 520. The Morgan fingerprint density at radius 1 is 1.19 bits per heavy atom. The van der Waals surface area contributed by atoms with E-state index in [1.54, 1.807) is 6.92 Å². The van der Waals surface area contributed by atoms with Gasteiger partial charge in [0, 0.05) is 5.92 Å². The largest absolute Gasteiger partial charge is 0.458 e. The monoisotopic (exact) mass is 289 g/mol. The summed E-state index contributed by atoms with van der Waals surface area (Å²) >= 11 is 0. The molecule has 0 radical (unpaired) electrons. The van der Waals surface area contributed by atoms with E-state index in [4.69, 9.17) is 4.74 Å². The van der Waals surface area contributed by atoms with Crippen molar-refractivity contribution in [1.82, 2.24) is 5.32 Å². The number of amides is 1. The molecule has 1 aromatic rings. The minimum absolute atomic E-state index is 0.0791. The molecule has 0 fully saturated rings. The summed E-state index contributed by atoms with van der Waals surface area (Å²) in [6.07, 6.45) is 1.48. The molecular formula is C17H23NO3. The summed E-state index contributed by atoms with van der Waals surface area (Å²) in [6.45, 7) is 7.10. The second kappa shape index (κ2) is 5.88. The number of hydrogen-bond acceptors (Lipinski definition) is 3. The third-order valence-electron chi connectivity index (χ3n) is 3.54. The van der Waals surface area contributed by atoms with Crippen molar-refractivity contribution < 1.29 is 14.3 Å². The summed E-state index contributed by atoms with van der Waals surface area (Å²) in [5.41, 5.74) is 1.91. The van der Waals surface area contributed by atoms with E-state index in [-0.39, 0.29) is 11.8 Å². The highest BCUT2D eigenvalue weighted by atomic mass is 16.6. The van der Waals surface area contributed by atoms with Gasteiger partial charge in [-0.25, -0.2) is 4.79 Å². The highest BCUT2D eigenvalue weighted by molar-refractivity contribution is 5.86. The van der Waals surface area contributed by atoms with Crippen LogP contribution in [0.1, 0.15) is 38.8 Å². The molecule has 1 atom stereocenters. The van der Waals surface area contributed by atoms with Gasteiger partial charge >= 0.3 is 5.97 Å². The third-order valence-corrected chi connectivity index (χ3v) is 3.54. The highest BCUT2D eigenvalue weighted by Gasteiger charge is 2.30. The molecule has 21 heavy (non-hydrogen) atoms. The zero-order valence-electron chi connectivity index (χ0n) is 13.1. The van der Waals surface area contributed by atoms with Gasteiger partial charge < -0.3 is 10.1 Å². The standard InChI is InChI=1S/C17H23NO3/c1-11(16(20)21-17(2,3)4)18-15(19)14-9-12-7-5-6-8-13(12)10-14/h5-8,11,14H,9-10H2,1-4H3,(H,18,19)/t11-/m1/s1. The summed E-state index contributed by atoms with van der Waals surface area (Å²) in [5.74, 6) is -0.566. The molecule has 1 aliphatic rings. The number of rotatable bonds is 3. The number of esters is 1. The Hall–Kier alpha value is -1.84. The van der Waals surface area contributed by atoms with Crippen molar-refractivity contribution in [1.29, 1.82) is 0 Å². The lowest BCUT2D eigenvalue weighted by molar-refractivity contribution is -0.158. The predicted molar refractivity (Wildman–Crippen MR) is 80.8 cm³/mol. The van der Waals surface area contributed by atoms with Gasteiger partial charge in [0.25, 0.3) is 0 Å². The SMILES string of the molecule is C[C@@H](NC(=O)C1Cc2ccccc2C1)C(=O)OC(C)(C)C. The Kier molecular flexibility index (Phi) is 4.35. The lowest BCUT2D eigenvalue weighted by Crippen LogP contribution is -2.44. The van der Waals surface area contributed by atoms with E-state index in [0.717, 1.165) is 12.8 Å². The van der Waals surface area contributed by atoms with Gasteiger partial charge in [-0.15, -0.1) is 0 Å². The fourth-order valence-corrected chi connectivity index (χ4v) is 2.52. The van der Waals surface area contributed by atoms with Crippen LogP contribution in [-0.4, -0.2) is 23.5 Å². The summed E-state index contributed by atoms with van der Waals surface area (Å²) in [4.78, 5) is 24.2. The number of ether oxygens (including phenoxy) is 1. The van der Waals surface area contributed by atoms with Crippen LogP contribution in [0.3, 0.4) is 0 Å². The molecule has 4 heteroatoms. The molecule has 1 aliphatic carbocycles. The summed E-state index contributed by atoms with van der Waals surface area (Å²) in [6, 6.07) is 7.46. The van der Waals surface area contributed by atoms with Gasteiger partial charge in [0.2, 0.25) is 5.91 Å². The van der Waals surface area contributed by atoms with Gasteiger partial charge in [-0.3, -0.25) is 4.79 Å². The highest BCUT2D eigenvalue weighted by Crippen LogP contribution is 2.26. The van der Waals surface area contributed by atoms with Crippen molar-refractivity contribution in [3.8, 4) is 0 Å². The first kappa shape index (κ1) is 15.5. The fraction of sp³-hybridized carbons (Fsp3) is 0.529. The van der Waals surface area contributed by atoms with Crippen molar-refractivity contribution in [3.63, 3.8) is 0 Å². The van der Waals surface area contributed by atoms with Crippen molar-refractivity contribution in [2.75, 3.05) is 0 Å². The van der Waals surface area contributed by atoms with E-state index in [0.29, 0.717) is 0 Å². The Morgan fingerprint density at radius 2 is 1.71 bits per heavy atom. The molecule has 0 saturated heterocycles. The van der Waals surface area contributed by atoms with Crippen LogP contribution in [-0.2, 0) is 27.2 Å². The molecule has 0 heterocycles. The van der Waals surface area contributed by atoms with Crippen molar-refractivity contribution in [3.05, 3.63) is 35.4 Å². The molecule has 0 saturated carbocycles. The second-order valence-electron chi connectivity index (χ2n) is 6.64. The Morgan fingerprint density at radius 3 is 2.19 bits per heavy atom. The van der Waals surface area contributed by atoms with E-state index in [1.165, 1.54) is 11.1 Å². The molecule has 2 rings (SSSR count). The van der Waals surface area contributed by atoms with Crippen LogP contribution in [0.25, 0.3) is 0 Å². The average molecular weight is 289 g/mol. The van der Waals surface area contributed by atoms with Crippen molar-refractivity contribution in [2.24, 2.45) is 5.92 Å². The molecule has 0 spiro atoms. The van der Waals surface area contributed by atoms with Gasteiger partial charge in [0.1, 0.15) is 11.6 Å². The predicted octanol–water partition coefficient (Wildman–Crippen LogP) is 2.25. The number of fused-ring (bicyclic) bond motifs is 1. The van der Waals surface area contributed by atoms with Gasteiger partial charge in [0.15, 0.2) is 0 Å². The number of hydrogen-bond donors (Lipinski definition) is 1. The zero-order chi connectivity index (χ0) is 15.6. The van der Waals surface area contributed by atoms with Crippen LogP contribution in [0.4, 0.5) is 0 Å². The van der Waals surface area contributed by atoms with Crippen LogP contribution in [0.15, 0.2) is 24.3 Å². The molecule has 0 aliphatic heterocycles. The van der Waals surface area contributed by atoms with E-state index in [2.05, 4.69) is 17.4 Å². The minimum atomic E-state index is -0.625. The topological polar surface area (TPSA) is 55.4 Å². The van der Waals surface area contributed by atoms with Crippen LogP contribution in [0.5, 0.6) is 0 Å². The van der Waals surface area contributed by atoms with Gasteiger partial charge in [0.05, 0.1) is 0 Å².